The molecular formula is C24H22N4O2S. The van der Waals surface area contributed by atoms with E-state index < -0.39 is 0 Å². The fraction of sp³-hybridized carbons (Fsp3) is 0.167. The molecule has 7 heteroatoms. The van der Waals surface area contributed by atoms with Gasteiger partial charge in [0, 0.05) is 42.4 Å². The van der Waals surface area contributed by atoms with E-state index in [1.165, 1.54) is 17.7 Å². The summed E-state index contributed by atoms with van der Waals surface area (Å²) < 4.78 is 2.17. The van der Waals surface area contributed by atoms with Crippen LogP contribution in [0.3, 0.4) is 0 Å². The Balaban J connectivity index is 1.78. The van der Waals surface area contributed by atoms with Crippen molar-refractivity contribution in [1.82, 2.24) is 9.55 Å². The van der Waals surface area contributed by atoms with Gasteiger partial charge in [0.2, 0.25) is 0 Å². The number of nitro groups is 1. The summed E-state index contributed by atoms with van der Waals surface area (Å²) in [6, 6.07) is 18.7. The molecule has 2 aromatic heterocycles. The maximum Gasteiger partial charge on any atom is 0.269 e. The van der Waals surface area contributed by atoms with Gasteiger partial charge in [0.05, 0.1) is 16.3 Å². The summed E-state index contributed by atoms with van der Waals surface area (Å²) >= 11 is 1.57. The minimum Gasteiger partial charge on any atom is -0.316 e. The van der Waals surface area contributed by atoms with Crippen LogP contribution in [0, 0.1) is 24.0 Å². The number of nitro benzene ring substituents is 1. The highest BCUT2D eigenvalue weighted by Crippen LogP contribution is 2.25. The number of rotatable bonds is 6. The summed E-state index contributed by atoms with van der Waals surface area (Å²) in [5, 5.41) is 13.1. The van der Waals surface area contributed by atoms with Gasteiger partial charge in [-0.3, -0.25) is 15.1 Å². The Hall–Kier alpha value is -3.58. The summed E-state index contributed by atoms with van der Waals surface area (Å²) in [6.45, 7) is 4.87. The Morgan fingerprint density at radius 1 is 1.06 bits per heavy atom. The van der Waals surface area contributed by atoms with Crippen molar-refractivity contribution in [2.75, 3.05) is 0 Å². The molecule has 4 rings (SSSR count). The van der Waals surface area contributed by atoms with Crippen molar-refractivity contribution in [3.63, 3.8) is 0 Å². The summed E-state index contributed by atoms with van der Waals surface area (Å²) in [5.74, 6) is 0. The standard InChI is InChI=1S/C24H22N4O2S/c1-17-6-5-8-22(18(17)2)26-24-27(15-13-20-7-3-4-14-25-20)23(16-31-24)19-9-11-21(12-10-19)28(29)30/h3-12,14,16H,13,15H2,1-2H3. The molecule has 4 aromatic rings. The Morgan fingerprint density at radius 3 is 2.58 bits per heavy atom. The lowest BCUT2D eigenvalue weighted by atomic mass is 10.1. The number of nitrogens with zero attached hydrogens (tertiary/aromatic N) is 4. The number of hydrogen-bond donors (Lipinski definition) is 0. The molecule has 0 saturated carbocycles. The average Bonchev–Trinajstić information content (AvgIpc) is 3.18. The molecule has 0 atom stereocenters. The van der Waals surface area contributed by atoms with Crippen LogP contribution in [-0.2, 0) is 13.0 Å². The van der Waals surface area contributed by atoms with E-state index in [4.69, 9.17) is 4.99 Å². The highest BCUT2D eigenvalue weighted by atomic mass is 32.1. The van der Waals surface area contributed by atoms with Crippen molar-refractivity contribution in [1.29, 1.82) is 0 Å². The van der Waals surface area contributed by atoms with Gasteiger partial charge in [0.25, 0.3) is 5.69 Å². The lowest BCUT2D eigenvalue weighted by Gasteiger charge is -2.10. The van der Waals surface area contributed by atoms with Crippen LogP contribution in [-0.4, -0.2) is 14.5 Å². The number of hydrogen-bond acceptors (Lipinski definition) is 5. The number of non-ortho nitro benzene ring substituents is 1. The van der Waals surface area contributed by atoms with Crippen LogP contribution in [0.5, 0.6) is 0 Å². The van der Waals surface area contributed by atoms with E-state index in [-0.39, 0.29) is 10.6 Å². The molecule has 2 aromatic carbocycles. The monoisotopic (exact) mass is 430 g/mol. The maximum absolute atomic E-state index is 11.0. The molecule has 0 bridgehead atoms. The third-order valence-electron chi connectivity index (χ3n) is 5.28. The third-order valence-corrected chi connectivity index (χ3v) is 6.14. The zero-order valence-corrected chi connectivity index (χ0v) is 18.2. The van der Waals surface area contributed by atoms with Crippen LogP contribution >= 0.6 is 11.3 Å². The Morgan fingerprint density at radius 2 is 1.87 bits per heavy atom. The molecule has 0 amide bonds. The van der Waals surface area contributed by atoms with Crippen LogP contribution in [0.25, 0.3) is 11.3 Å². The predicted octanol–water partition coefficient (Wildman–Crippen LogP) is 5.61. The molecule has 0 saturated heterocycles. The first kappa shape index (κ1) is 20.7. The number of pyridine rings is 1. The van der Waals surface area contributed by atoms with E-state index in [0.717, 1.165) is 39.4 Å². The van der Waals surface area contributed by atoms with Gasteiger partial charge in [-0.25, -0.2) is 4.99 Å². The van der Waals surface area contributed by atoms with E-state index in [2.05, 4.69) is 34.8 Å². The number of aromatic nitrogens is 2. The minimum absolute atomic E-state index is 0.0827. The molecule has 0 aliphatic rings. The van der Waals surface area contributed by atoms with Crippen molar-refractivity contribution in [3.05, 3.63) is 104 Å². The van der Waals surface area contributed by atoms with E-state index >= 15 is 0 Å². The molecule has 156 valence electrons. The molecular weight excluding hydrogens is 408 g/mol. The molecule has 0 radical (unpaired) electrons. The average molecular weight is 431 g/mol. The van der Waals surface area contributed by atoms with Gasteiger partial charge in [0.1, 0.15) is 0 Å². The second kappa shape index (κ2) is 9.06. The first-order valence-electron chi connectivity index (χ1n) is 9.97. The summed E-state index contributed by atoms with van der Waals surface area (Å²) in [6.07, 6.45) is 2.56. The topological polar surface area (TPSA) is 73.3 Å². The van der Waals surface area contributed by atoms with Gasteiger partial charge < -0.3 is 4.57 Å². The highest BCUT2D eigenvalue weighted by molar-refractivity contribution is 7.07. The normalized spacial score (nSPS) is 11.6. The van der Waals surface area contributed by atoms with Crippen molar-refractivity contribution in [3.8, 4) is 11.3 Å². The molecule has 2 heterocycles. The fourth-order valence-electron chi connectivity index (χ4n) is 3.35. The van der Waals surface area contributed by atoms with Gasteiger partial charge in [-0.1, -0.05) is 18.2 Å². The first-order chi connectivity index (χ1) is 15.0. The van der Waals surface area contributed by atoms with Crippen LogP contribution in [0.2, 0.25) is 0 Å². The van der Waals surface area contributed by atoms with Crippen LogP contribution in [0.4, 0.5) is 11.4 Å². The van der Waals surface area contributed by atoms with Gasteiger partial charge in [-0.15, -0.1) is 11.3 Å². The van der Waals surface area contributed by atoms with Crippen LogP contribution in [0.15, 0.2) is 77.2 Å². The quantitative estimate of drug-likeness (QED) is 0.295. The highest BCUT2D eigenvalue weighted by Gasteiger charge is 2.12. The van der Waals surface area contributed by atoms with Crippen LogP contribution < -0.4 is 4.80 Å². The second-order valence-corrected chi connectivity index (χ2v) is 8.10. The molecule has 6 nitrogen and oxygen atoms in total. The van der Waals surface area contributed by atoms with Crippen molar-refractivity contribution < 1.29 is 4.92 Å². The molecule has 0 aliphatic heterocycles. The second-order valence-electron chi connectivity index (χ2n) is 7.26. The first-order valence-corrected chi connectivity index (χ1v) is 10.8. The Kier molecular flexibility index (Phi) is 6.04. The molecule has 0 N–H and O–H groups in total. The largest absolute Gasteiger partial charge is 0.316 e. The fourth-order valence-corrected chi connectivity index (χ4v) is 4.30. The molecule has 0 unspecified atom stereocenters. The van der Waals surface area contributed by atoms with Gasteiger partial charge in [-0.2, -0.15) is 0 Å². The number of thiazole rings is 1. The van der Waals surface area contributed by atoms with E-state index in [1.807, 2.05) is 30.3 Å². The molecule has 0 fully saturated rings. The number of benzene rings is 2. The van der Waals surface area contributed by atoms with Crippen molar-refractivity contribution in [2.45, 2.75) is 26.8 Å². The minimum atomic E-state index is -0.381. The lowest BCUT2D eigenvalue weighted by Crippen LogP contribution is -2.17. The zero-order valence-electron chi connectivity index (χ0n) is 17.4. The third kappa shape index (κ3) is 4.62. The van der Waals surface area contributed by atoms with Gasteiger partial charge in [-0.05, 0) is 60.9 Å². The number of aryl methyl sites for hydroxylation is 2. The zero-order chi connectivity index (χ0) is 21.8. The molecule has 31 heavy (non-hydrogen) atoms. The summed E-state index contributed by atoms with van der Waals surface area (Å²) in [7, 11) is 0. The van der Waals surface area contributed by atoms with Crippen molar-refractivity contribution in [2.24, 2.45) is 4.99 Å². The van der Waals surface area contributed by atoms with E-state index in [9.17, 15) is 10.1 Å². The SMILES string of the molecule is Cc1cccc(N=c2scc(-c3ccc([N+](=O)[O-])cc3)n2CCc2ccccn2)c1C. The molecule has 0 spiro atoms. The van der Waals surface area contributed by atoms with E-state index in [0.29, 0.717) is 6.54 Å². The van der Waals surface area contributed by atoms with Crippen LogP contribution in [0.1, 0.15) is 16.8 Å². The molecule has 0 aliphatic carbocycles. The summed E-state index contributed by atoms with van der Waals surface area (Å²) in [4.78, 5) is 20.9. The maximum atomic E-state index is 11.0. The van der Waals surface area contributed by atoms with Crippen molar-refractivity contribution >= 4 is 22.7 Å². The smallest absolute Gasteiger partial charge is 0.269 e. The Labute approximate surface area is 184 Å². The van der Waals surface area contributed by atoms with Gasteiger partial charge in [0.15, 0.2) is 4.80 Å². The predicted molar refractivity (Wildman–Crippen MR) is 123 cm³/mol. The van der Waals surface area contributed by atoms with E-state index in [1.54, 1.807) is 29.7 Å². The van der Waals surface area contributed by atoms with Gasteiger partial charge >= 0.3 is 0 Å². The lowest BCUT2D eigenvalue weighted by molar-refractivity contribution is -0.384. The Bertz CT molecular complexity index is 1280. The summed E-state index contributed by atoms with van der Waals surface area (Å²) in [5.41, 5.74) is 6.30.